The second-order valence-corrected chi connectivity index (χ2v) is 6.49. The number of anilines is 1. The maximum absolute atomic E-state index is 12.7. The molecular formula is C18H16F3N7O. The minimum Gasteiger partial charge on any atom is -0.353 e. The molecule has 2 aromatic heterocycles. The Balaban J connectivity index is 1.37. The Morgan fingerprint density at radius 3 is 2.28 bits per heavy atom. The molecule has 150 valence electrons. The van der Waals surface area contributed by atoms with Crippen molar-refractivity contribution < 1.29 is 18.0 Å². The first-order valence-electron chi connectivity index (χ1n) is 8.83. The van der Waals surface area contributed by atoms with Crippen LogP contribution in [0.25, 0.3) is 11.4 Å². The van der Waals surface area contributed by atoms with Gasteiger partial charge in [0.15, 0.2) is 0 Å². The Labute approximate surface area is 163 Å². The molecule has 29 heavy (non-hydrogen) atoms. The van der Waals surface area contributed by atoms with Crippen molar-refractivity contribution in [1.82, 2.24) is 30.5 Å². The summed E-state index contributed by atoms with van der Waals surface area (Å²) in [6.45, 7) is 1.89. The minimum atomic E-state index is -4.41. The first-order chi connectivity index (χ1) is 13.9. The molecule has 0 aliphatic carbocycles. The maximum atomic E-state index is 12.7. The van der Waals surface area contributed by atoms with E-state index in [0.717, 1.165) is 17.8 Å². The number of aromatic amines is 1. The normalized spacial score (nSPS) is 14.9. The fraction of sp³-hybridized carbons (Fsp3) is 0.278. The first kappa shape index (κ1) is 18.8. The molecule has 1 N–H and O–H groups in total. The van der Waals surface area contributed by atoms with Crippen LogP contribution in [0.5, 0.6) is 0 Å². The Morgan fingerprint density at radius 1 is 1.00 bits per heavy atom. The number of carbonyl (C=O) groups excluding carboxylic acids is 1. The average molecular weight is 403 g/mol. The summed E-state index contributed by atoms with van der Waals surface area (Å²) in [5, 5.41) is 13.7. The van der Waals surface area contributed by atoms with Crippen LogP contribution in [0.1, 0.15) is 15.9 Å². The quantitative estimate of drug-likeness (QED) is 0.721. The van der Waals surface area contributed by atoms with E-state index in [1.807, 2.05) is 4.90 Å². The third-order valence-corrected chi connectivity index (χ3v) is 4.70. The van der Waals surface area contributed by atoms with Gasteiger partial charge in [0.1, 0.15) is 5.82 Å². The summed E-state index contributed by atoms with van der Waals surface area (Å²) >= 11 is 0. The van der Waals surface area contributed by atoms with Gasteiger partial charge in [0.05, 0.1) is 5.56 Å². The number of hydrogen-bond donors (Lipinski definition) is 1. The molecule has 11 heteroatoms. The Hall–Kier alpha value is -3.50. The van der Waals surface area contributed by atoms with Gasteiger partial charge in [-0.3, -0.25) is 4.79 Å². The summed E-state index contributed by atoms with van der Waals surface area (Å²) in [6.07, 6.45) is -3.58. The zero-order chi connectivity index (χ0) is 20.4. The lowest BCUT2D eigenvalue weighted by Crippen LogP contribution is -2.49. The number of amides is 1. The zero-order valence-corrected chi connectivity index (χ0v) is 15.1. The van der Waals surface area contributed by atoms with E-state index in [1.165, 1.54) is 6.07 Å². The third-order valence-electron chi connectivity index (χ3n) is 4.70. The largest absolute Gasteiger partial charge is 0.417 e. The van der Waals surface area contributed by atoms with Crippen molar-refractivity contribution >= 4 is 11.7 Å². The van der Waals surface area contributed by atoms with E-state index in [2.05, 4.69) is 25.6 Å². The van der Waals surface area contributed by atoms with Crippen LogP contribution in [-0.4, -0.2) is 62.6 Å². The predicted molar refractivity (Wildman–Crippen MR) is 97.0 cm³/mol. The summed E-state index contributed by atoms with van der Waals surface area (Å²) in [6, 6.07) is 9.29. The Bertz CT molecular complexity index is 964. The number of rotatable bonds is 3. The van der Waals surface area contributed by atoms with Crippen molar-refractivity contribution in [2.75, 3.05) is 31.1 Å². The summed E-state index contributed by atoms with van der Waals surface area (Å²) in [4.78, 5) is 20.2. The molecule has 4 rings (SSSR count). The lowest BCUT2D eigenvalue weighted by molar-refractivity contribution is -0.137. The number of carbonyl (C=O) groups is 1. The number of pyridine rings is 1. The lowest BCUT2D eigenvalue weighted by Gasteiger charge is -2.35. The summed E-state index contributed by atoms with van der Waals surface area (Å²) < 4.78 is 38.0. The van der Waals surface area contributed by atoms with Crippen LogP contribution in [0.3, 0.4) is 0 Å². The molecule has 3 heterocycles. The first-order valence-corrected chi connectivity index (χ1v) is 8.83. The van der Waals surface area contributed by atoms with E-state index in [9.17, 15) is 18.0 Å². The van der Waals surface area contributed by atoms with Crippen LogP contribution < -0.4 is 4.90 Å². The number of H-pyrrole nitrogens is 1. The SMILES string of the molecule is O=C(c1ccc(-c2nn[nH]n2)cc1)N1CCN(c2ccc(C(F)(F)F)cn2)CC1. The molecule has 0 spiro atoms. The van der Waals surface area contributed by atoms with Gasteiger partial charge in [-0.25, -0.2) is 4.98 Å². The van der Waals surface area contributed by atoms with E-state index in [1.54, 1.807) is 29.2 Å². The molecule has 1 saturated heterocycles. The highest BCUT2D eigenvalue weighted by Gasteiger charge is 2.31. The van der Waals surface area contributed by atoms with E-state index < -0.39 is 11.7 Å². The monoisotopic (exact) mass is 403 g/mol. The Kier molecular flexibility index (Phi) is 4.87. The van der Waals surface area contributed by atoms with Gasteiger partial charge in [-0.1, -0.05) is 12.1 Å². The maximum Gasteiger partial charge on any atom is 0.417 e. The van der Waals surface area contributed by atoms with Crippen molar-refractivity contribution in [1.29, 1.82) is 0 Å². The molecule has 0 radical (unpaired) electrons. The van der Waals surface area contributed by atoms with Crippen molar-refractivity contribution in [2.24, 2.45) is 0 Å². The highest BCUT2D eigenvalue weighted by atomic mass is 19.4. The van der Waals surface area contributed by atoms with Crippen LogP contribution in [-0.2, 0) is 6.18 Å². The van der Waals surface area contributed by atoms with E-state index >= 15 is 0 Å². The second kappa shape index (κ2) is 7.49. The second-order valence-electron chi connectivity index (χ2n) is 6.49. The van der Waals surface area contributed by atoms with Crippen molar-refractivity contribution in [2.45, 2.75) is 6.18 Å². The van der Waals surface area contributed by atoms with Gasteiger partial charge in [-0.15, -0.1) is 10.2 Å². The smallest absolute Gasteiger partial charge is 0.353 e. The van der Waals surface area contributed by atoms with Crippen LogP contribution in [0.2, 0.25) is 0 Å². The lowest BCUT2D eigenvalue weighted by atomic mass is 10.1. The van der Waals surface area contributed by atoms with Gasteiger partial charge in [-0.2, -0.15) is 18.4 Å². The van der Waals surface area contributed by atoms with E-state index in [-0.39, 0.29) is 5.91 Å². The molecule has 1 aromatic carbocycles. The average Bonchev–Trinajstić information content (AvgIpc) is 3.28. The number of nitrogens with zero attached hydrogens (tertiary/aromatic N) is 6. The molecule has 0 saturated carbocycles. The Morgan fingerprint density at radius 2 is 1.72 bits per heavy atom. The molecule has 0 bridgehead atoms. The highest BCUT2D eigenvalue weighted by Crippen LogP contribution is 2.29. The number of benzene rings is 1. The van der Waals surface area contributed by atoms with Gasteiger partial charge < -0.3 is 9.80 Å². The van der Waals surface area contributed by atoms with Gasteiger partial charge in [0.25, 0.3) is 5.91 Å². The number of aromatic nitrogens is 5. The van der Waals surface area contributed by atoms with E-state index in [4.69, 9.17) is 0 Å². The van der Waals surface area contributed by atoms with Crippen LogP contribution >= 0.6 is 0 Å². The van der Waals surface area contributed by atoms with Crippen molar-refractivity contribution in [3.05, 3.63) is 53.7 Å². The van der Waals surface area contributed by atoms with E-state index in [0.29, 0.717) is 43.4 Å². The number of nitrogens with one attached hydrogen (secondary N) is 1. The number of halogens is 3. The number of tetrazole rings is 1. The third kappa shape index (κ3) is 4.03. The fourth-order valence-electron chi connectivity index (χ4n) is 3.11. The highest BCUT2D eigenvalue weighted by molar-refractivity contribution is 5.94. The van der Waals surface area contributed by atoms with Crippen LogP contribution in [0.15, 0.2) is 42.6 Å². The number of alkyl halides is 3. The van der Waals surface area contributed by atoms with Gasteiger partial charge in [0, 0.05) is 43.5 Å². The van der Waals surface area contributed by atoms with Crippen molar-refractivity contribution in [3.8, 4) is 11.4 Å². The summed E-state index contributed by atoms with van der Waals surface area (Å²) in [5.41, 5.74) is 0.506. The standard InChI is InChI=1S/C18H16F3N7O/c19-18(20,21)14-5-6-15(22-11-14)27-7-9-28(10-8-27)17(29)13-3-1-12(2-4-13)16-23-25-26-24-16/h1-6,11H,7-10H2,(H,23,24,25,26). The minimum absolute atomic E-state index is 0.107. The molecule has 1 aliphatic heterocycles. The molecule has 8 nitrogen and oxygen atoms in total. The molecule has 1 aliphatic rings. The van der Waals surface area contributed by atoms with Gasteiger partial charge in [0.2, 0.25) is 5.82 Å². The predicted octanol–water partition coefficient (Wildman–Crippen LogP) is 2.24. The number of piperazine rings is 1. The summed E-state index contributed by atoms with van der Waals surface area (Å²) in [7, 11) is 0. The molecule has 1 amide bonds. The molecular weight excluding hydrogens is 387 g/mol. The molecule has 0 unspecified atom stereocenters. The molecule has 3 aromatic rings. The molecule has 1 fully saturated rings. The van der Waals surface area contributed by atoms with Crippen molar-refractivity contribution in [3.63, 3.8) is 0 Å². The fourth-order valence-corrected chi connectivity index (χ4v) is 3.11. The zero-order valence-electron chi connectivity index (χ0n) is 15.1. The van der Waals surface area contributed by atoms with Gasteiger partial charge in [-0.05, 0) is 29.5 Å². The number of hydrogen-bond acceptors (Lipinski definition) is 6. The van der Waals surface area contributed by atoms with Crippen LogP contribution in [0, 0.1) is 0 Å². The van der Waals surface area contributed by atoms with Gasteiger partial charge >= 0.3 is 6.18 Å². The topological polar surface area (TPSA) is 90.9 Å². The summed E-state index contributed by atoms with van der Waals surface area (Å²) in [5.74, 6) is 0.806. The molecule has 0 atom stereocenters. The van der Waals surface area contributed by atoms with Crippen LogP contribution in [0.4, 0.5) is 19.0 Å².